The van der Waals surface area contributed by atoms with Crippen LogP contribution in [0.25, 0.3) is 0 Å². The van der Waals surface area contributed by atoms with E-state index >= 15 is 0 Å². The van der Waals surface area contributed by atoms with Crippen LogP contribution in [0.1, 0.15) is 303 Å². The Morgan fingerprint density at radius 2 is 0.795 bits per heavy atom. The largest absolute Gasteiger partial charge is 0.472 e. The highest BCUT2D eigenvalue weighted by Gasteiger charge is 2.27. The predicted molar refractivity (Wildman–Crippen MR) is 318 cm³/mol. The molecule has 0 bridgehead atoms. The highest BCUT2D eigenvalue weighted by atomic mass is 31.2. The number of hydrogen-bond acceptors (Lipinski definition) is 5. The van der Waals surface area contributed by atoms with Gasteiger partial charge in [0.05, 0.1) is 39.9 Å². The lowest BCUT2D eigenvalue weighted by atomic mass is 10.0. The zero-order chi connectivity index (χ0) is 53.5. The summed E-state index contributed by atoms with van der Waals surface area (Å²) < 4.78 is 23.6. The number of unbranched alkanes of at least 4 members (excludes halogenated alkanes) is 39. The van der Waals surface area contributed by atoms with E-state index in [1.807, 2.05) is 27.2 Å². The molecule has 3 atom stereocenters. The number of quaternary nitrogens is 1. The van der Waals surface area contributed by atoms with E-state index in [2.05, 4.69) is 55.6 Å². The molecule has 0 fully saturated rings. The van der Waals surface area contributed by atoms with Gasteiger partial charge in [0.15, 0.2) is 0 Å². The Kier molecular flexibility index (Phi) is 54.1. The van der Waals surface area contributed by atoms with E-state index in [0.29, 0.717) is 17.4 Å². The van der Waals surface area contributed by atoms with Crippen LogP contribution >= 0.6 is 7.82 Å². The van der Waals surface area contributed by atoms with Gasteiger partial charge in [-0.3, -0.25) is 13.8 Å². The normalized spacial score (nSPS) is 14.1. The Bertz CT molecular complexity index is 1330. The maximum absolute atomic E-state index is 12.9. The van der Waals surface area contributed by atoms with Gasteiger partial charge in [0.1, 0.15) is 13.2 Å². The zero-order valence-electron chi connectivity index (χ0n) is 49.1. The highest BCUT2D eigenvalue weighted by molar-refractivity contribution is 7.47. The van der Waals surface area contributed by atoms with Gasteiger partial charge in [0.2, 0.25) is 5.91 Å². The SMILES string of the molecule is CC/C=C/CC/C=C/CC/C=C/C(O)C(COP(=O)(O)OCC[N+](C)(C)C)NC(=O)CCCCCCCCCCCCCCCCCCCCCCCCCCCCCCC/C=C\CCCCCCCCCC. The first-order valence-electron chi connectivity index (χ1n) is 31.5. The summed E-state index contributed by atoms with van der Waals surface area (Å²) in [5.41, 5.74) is 0. The summed E-state index contributed by atoms with van der Waals surface area (Å²) in [6.07, 6.45) is 74.4. The molecule has 430 valence electrons. The summed E-state index contributed by atoms with van der Waals surface area (Å²) in [7, 11) is 1.55. The number of amides is 1. The number of phosphoric acid groups is 1. The maximum Gasteiger partial charge on any atom is 0.472 e. The molecular weight excluding hydrogens is 924 g/mol. The highest BCUT2D eigenvalue weighted by Crippen LogP contribution is 2.43. The lowest BCUT2D eigenvalue weighted by molar-refractivity contribution is -0.870. The molecule has 73 heavy (non-hydrogen) atoms. The maximum atomic E-state index is 12.9. The van der Waals surface area contributed by atoms with Gasteiger partial charge >= 0.3 is 7.82 Å². The molecule has 3 unspecified atom stereocenters. The second-order valence-electron chi connectivity index (χ2n) is 22.7. The van der Waals surface area contributed by atoms with Crippen LogP contribution in [0.2, 0.25) is 0 Å². The van der Waals surface area contributed by atoms with Crippen LogP contribution in [0.5, 0.6) is 0 Å². The monoisotopic (exact) mass is 1050 g/mol. The number of hydrogen-bond donors (Lipinski definition) is 3. The number of phosphoric ester groups is 1. The van der Waals surface area contributed by atoms with Crippen LogP contribution in [0, 0.1) is 0 Å². The number of carbonyl (C=O) groups excluding carboxylic acids is 1. The molecule has 0 aromatic carbocycles. The summed E-state index contributed by atoms with van der Waals surface area (Å²) in [5.74, 6) is -0.189. The van der Waals surface area contributed by atoms with Gasteiger partial charge in [0, 0.05) is 6.42 Å². The smallest absolute Gasteiger partial charge is 0.387 e. The summed E-state index contributed by atoms with van der Waals surface area (Å²) in [5, 5.41) is 13.8. The molecule has 1 amide bonds. The second kappa shape index (κ2) is 55.2. The minimum atomic E-state index is -4.35. The third-order valence-corrected chi connectivity index (χ3v) is 15.2. The molecular formula is C64H124N2O6P+. The average Bonchev–Trinajstić information content (AvgIpc) is 3.35. The van der Waals surface area contributed by atoms with Gasteiger partial charge in [-0.1, -0.05) is 281 Å². The Labute approximate surface area is 454 Å². The first-order valence-corrected chi connectivity index (χ1v) is 33.0. The number of carbonyl (C=O) groups is 1. The van der Waals surface area contributed by atoms with Crippen LogP contribution < -0.4 is 5.32 Å². The van der Waals surface area contributed by atoms with Crippen LogP contribution in [0.3, 0.4) is 0 Å². The van der Waals surface area contributed by atoms with Crippen molar-refractivity contribution >= 4 is 13.7 Å². The van der Waals surface area contributed by atoms with E-state index in [4.69, 9.17) is 9.05 Å². The van der Waals surface area contributed by atoms with Crippen molar-refractivity contribution in [2.75, 3.05) is 40.9 Å². The molecule has 0 heterocycles. The van der Waals surface area contributed by atoms with Crippen molar-refractivity contribution in [3.63, 3.8) is 0 Å². The molecule has 0 aromatic rings. The van der Waals surface area contributed by atoms with E-state index in [-0.39, 0.29) is 19.1 Å². The second-order valence-corrected chi connectivity index (χ2v) is 24.2. The third kappa shape index (κ3) is 58.0. The number of likely N-dealkylation sites (N-methyl/N-ethyl adjacent to an activating group) is 1. The van der Waals surface area contributed by atoms with Crippen molar-refractivity contribution in [3.8, 4) is 0 Å². The van der Waals surface area contributed by atoms with Crippen LogP contribution in [-0.2, 0) is 18.4 Å². The molecule has 8 nitrogen and oxygen atoms in total. The fourth-order valence-electron chi connectivity index (χ4n) is 9.37. The average molecular weight is 1050 g/mol. The third-order valence-electron chi connectivity index (χ3n) is 14.3. The van der Waals surface area contributed by atoms with Crippen LogP contribution in [0.4, 0.5) is 0 Å². The van der Waals surface area contributed by atoms with E-state index in [0.717, 1.165) is 51.4 Å². The first kappa shape index (κ1) is 71.5. The lowest BCUT2D eigenvalue weighted by Gasteiger charge is -2.25. The molecule has 0 radical (unpaired) electrons. The molecule has 0 aliphatic carbocycles. The predicted octanol–water partition coefficient (Wildman–Crippen LogP) is 19.5. The van der Waals surface area contributed by atoms with Crippen LogP contribution in [0.15, 0.2) is 48.6 Å². The summed E-state index contributed by atoms with van der Waals surface area (Å²) in [6.45, 7) is 4.68. The molecule has 0 saturated carbocycles. The topological polar surface area (TPSA) is 105 Å². The minimum absolute atomic E-state index is 0.0539. The quantitative estimate of drug-likeness (QED) is 0.0243. The van der Waals surface area contributed by atoms with Crippen molar-refractivity contribution < 1.29 is 32.9 Å². The van der Waals surface area contributed by atoms with Gasteiger partial charge in [0.25, 0.3) is 0 Å². The molecule has 0 aliphatic rings. The molecule has 0 aromatic heterocycles. The Morgan fingerprint density at radius 1 is 0.466 bits per heavy atom. The van der Waals surface area contributed by atoms with Gasteiger partial charge in [-0.2, -0.15) is 0 Å². The number of allylic oxidation sites excluding steroid dienone is 7. The van der Waals surface area contributed by atoms with E-state index in [1.165, 1.54) is 231 Å². The Hall–Kier alpha value is -1.54. The number of aliphatic hydroxyl groups is 1. The lowest BCUT2D eigenvalue weighted by Crippen LogP contribution is -2.45. The minimum Gasteiger partial charge on any atom is -0.387 e. The van der Waals surface area contributed by atoms with Gasteiger partial charge in [-0.15, -0.1) is 0 Å². The van der Waals surface area contributed by atoms with Crippen LogP contribution in [-0.4, -0.2) is 73.4 Å². The molecule has 0 rings (SSSR count). The number of aliphatic hydroxyl groups excluding tert-OH is 1. The number of nitrogens with zero attached hydrogens (tertiary/aromatic N) is 1. The Morgan fingerprint density at radius 3 is 1.16 bits per heavy atom. The zero-order valence-corrected chi connectivity index (χ0v) is 50.0. The van der Waals surface area contributed by atoms with E-state index in [1.54, 1.807) is 6.08 Å². The van der Waals surface area contributed by atoms with Crippen molar-refractivity contribution in [3.05, 3.63) is 48.6 Å². The molecule has 0 spiro atoms. The van der Waals surface area contributed by atoms with Gasteiger partial charge in [-0.05, 0) is 64.2 Å². The fraction of sp³-hybridized carbons (Fsp3) is 0.859. The summed E-state index contributed by atoms with van der Waals surface area (Å²) in [4.78, 5) is 23.2. The van der Waals surface area contributed by atoms with Gasteiger partial charge in [-0.25, -0.2) is 4.57 Å². The fourth-order valence-corrected chi connectivity index (χ4v) is 10.1. The van der Waals surface area contributed by atoms with Gasteiger partial charge < -0.3 is 19.8 Å². The van der Waals surface area contributed by atoms with Crippen molar-refractivity contribution in [1.29, 1.82) is 0 Å². The van der Waals surface area contributed by atoms with E-state index in [9.17, 15) is 19.4 Å². The van der Waals surface area contributed by atoms with E-state index < -0.39 is 20.0 Å². The molecule has 0 aliphatic heterocycles. The molecule has 3 N–H and O–H groups in total. The van der Waals surface area contributed by atoms with Crippen molar-refractivity contribution in [2.45, 2.75) is 315 Å². The first-order chi connectivity index (χ1) is 35.5. The van der Waals surface area contributed by atoms with Crippen molar-refractivity contribution in [1.82, 2.24) is 5.32 Å². The Balaban J connectivity index is 3.77. The molecule has 0 saturated heterocycles. The number of nitrogens with one attached hydrogen (secondary N) is 1. The summed E-state index contributed by atoms with van der Waals surface area (Å²) in [6, 6.07) is -0.867. The van der Waals surface area contributed by atoms with Crippen molar-refractivity contribution in [2.24, 2.45) is 0 Å². The standard InChI is InChI=1S/C64H123N2O6P/c1-6-8-10-12-14-16-18-19-20-21-22-23-24-25-26-27-28-29-30-31-32-33-34-35-36-37-38-39-40-41-42-43-44-45-46-47-48-50-52-54-56-58-64(68)65-62(61-72-73(69,70)71-60-59-66(3,4)5)63(67)57-55-53-51-49-17-15-13-11-9-7-2/h9,11,17,21-22,49,55,57,62-63,67H,6-8,10,12-16,18-20,23-48,50-54,56,58-61H2,1-5H3,(H-,65,68,69,70)/p+1/b11-9+,22-21-,49-17+,57-55+. The summed E-state index contributed by atoms with van der Waals surface area (Å²) >= 11 is 0. The molecule has 9 heteroatoms. The number of rotatable bonds is 58.